The summed E-state index contributed by atoms with van der Waals surface area (Å²) in [7, 11) is 1.39. The van der Waals surface area contributed by atoms with Crippen molar-refractivity contribution < 1.29 is 14.3 Å². The zero-order valence-corrected chi connectivity index (χ0v) is 14.3. The van der Waals surface area contributed by atoms with Crippen LogP contribution in [0, 0.1) is 13.8 Å². The minimum absolute atomic E-state index is 0.0710. The maximum atomic E-state index is 12.7. The Morgan fingerprint density at radius 2 is 1.96 bits per heavy atom. The number of carbonyl (C=O) groups is 2. The molecule has 2 heterocycles. The second kappa shape index (κ2) is 6.55. The van der Waals surface area contributed by atoms with E-state index in [0.29, 0.717) is 18.7 Å². The highest BCUT2D eigenvalue weighted by atomic mass is 16.5. The number of rotatable bonds is 2. The van der Waals surface area contributed by atoms with Crippen LogP contribution in [0.5, 0.6) is 0 Å². The number of methoxy groups -OCH3 is 1. The number of benzene rings is 1. The third kappa shape index (κ3) is 2.96. The lowest BCUT2D eigenvalue weighted by Crippen LogP contribution is -2.46. The Morgan fingerprint density at radius 1 is 1.25 bits per heavy atom. The molecule has 1 aliphatic rings. The number of aryl methyl sites for hydroxylation is 2. The first-order valence-corrected chi connectivity index (χ1v) is 8.23. The van der Waals surface area contributed by atoms with Crippen molar-refractivity contribution in [2.75, 3.05) is 20.2 Å². The quantitative estimate of drug-likeness (QED) is 0.889. The predicted octanol–water partition coefficient (Wildman–Crippen LogP) is 2.75. The highest BCUT2D eigenvalue weighted by Crippen LogP contribution is 2.24. The minimum Gasteiger partial charge on any atom is -0.453 e. The van der Waals surface area contributed by atoms with Gasteiger partial charge in [-0.1, -0.05) is 12.1 Å². The van der Waals surface area contributed by atoms with E-state index in [9.17, 15) is 9.59 Å². The Kier molecular flexibility index (Phi) is 4.46. The molecule has 3 rings (SSSR count). The number of nitrogens with one attached hydrogen (secondary N) is 2. The molecule has 6 heteroatoms. The molecule has 2 N–H and O–H groups in total. The lowest BCUT2D eigenvalue weighted by molar-refractivity contribution is 0.0893. The van der Waals surface area contributed by atoms with Gasteiger partial charge in [0.05, 0.1) is 18.2 Å². The Hall–Kier alpha value is -2.50. The molecule has 1 aromatic heterocycles. The third-order valence-electron chi connectivity index (χ3n) is 4.85. The summed E-state index contributed by atoms with van der Waals surface area (Å²) in [4.78, 5) is 29.2. The molecule has 1 saturated heterocycles. The summed E-state index contributed by atoms with van der Waals surface area (Å²) >= 11 is 0. The van der Waals surface area contributed by atoms with Gasteiger partial charge < -0.3 is 19.9 Å². The second-order valence-corrected chi connectivity index (χ2v) is 6.31. The lowest BCUT2D eigenvalue weighted by atomic mass is 10.0. The number of aromatic nitrogens is 1. The standard InChI is InChI=1S/C18H23N3O3/c1-11-12(2)19-16-14(11)5-4-6-15(16)17(22)20-13-7-9-21(10-8-13)18(23)24-3/h4-6,13,19H,7-10H2,1-3H3,(H,20,22). The summed E-state index contributed by atoms with van der Waals surface area (Å²) in [6, 6.07) is 5.86. The fourth-order valence-electron chi connectivity index (χ4n) is 3.27. The molecule has 0 radical (unpaired) electrons. The number of H-pyrrole nitrogens is 1. The maximum Gasteiger partial charge on any atom is 0.409 e. The molecule has 0 saturated carbocycles. The highest BCUT2D eigenvalue weighted by Gasteiger charge is 2.25. The van der Waals surface area contributed by atoms with Crippen molar-refractivity contribution in [3.8, 4) is 0 Å². The van der Waals surface area contributed by atoms with Crippen molar-refractivity contribution in [1.82, 2.24) is 15.2 Å². The number of amides is 2. The van der Waals surface area contributed by atoms with E-state index in [1.165, 1.54) is 12.7 Å². The number of aromatic amines is 1. The van der Waals surface area contributed by atoms with Crippen molar-refractivity contribution in [2.45, 2.75) is 32.7 Å². The highest BCUT2D eigenvalue weighted by molar-refractivity contribution is 6.06. The van der Waals surface area contributed by atoms with Gasteiger partial charge in [-0.15, -0.1) is 0 Å². The van der Waals surface area contributed by atoms with Crippen molar-refractivity contribution in [3.63, 3.8) is 0 Å². The summed E-state index contributed by atoms with van der Waals surface area (Å²) in [5.41, 5.74) is 3.80. The molecule has 0 bridgehead atoms. The monoisotopic (exact) mass is 329 g/mol. The lowest BCUT2D eigenvalue weighted by Gasteiger charge is -2.31. The van der Waals surface area contributed by atoms with Gasteiger partial charge in [0.1, 0.15) is 0 Å². The van der Waals surface area contributed by atoms with Gasteiger partial charge in [-0.2, -0.15) is 0 Å². The molecule has 128 valence electrons. The van der Waals surface area contributed by atoms with Crippen molar-refractivity contribution >= 4 is 22.9 Å². The number of nitrogens with zero attached hydrogens (tertiary/aromatic N) is 1. The van der Waals surface area contributed by atoms with Crippen LogP contribution in [0.25, 0.3) is 10.9 Å². The molecular weight excluding hydrogens is 306 g/mol. The Labute approximate surface area is 141 Å². The van der Waals surface area contributed by atoms with Crippen LogP contribution in [0.4, 0.5) is 4.79 Å². The van der Waals surface area contributed by atoms with E-state index in [0.717, 1.165) is 29.4 Å². The first-order valence-electron chi connectivity index (χ1n) is 8.23. The van der Waals surface area contributed by atoms with Crippen LogP contribution in [-0.4, -0.2) is 48.1 Å². The average Bonchev–Trinajstić information content (AvgIpc) is 2.89. The summed E-state index contributed by atoms with van der Waals surface area (Å²) in [5.74, 6) is -0.0710. The number of ether oxygens (including phenoxy) is 1. The van der Waals surface area contributed by atoms with E-state index < -0.39 is 0 Å². The van der Waals surface area contributed by atoms with Gasteiger partial charge in [0, 0.05) is 30.2 Å². The zero-order valence-electron chi connectivity index (χ0n) is 14.3. The van der Waals surface area contributed by atoms with E-state index in [1.807, 2.05) is 25.1 Å². The smallest absolute Gasteiger partial charge is 0.409 e. The third-order valence-corrected chi connectivity index (χ3v) is 4.85. The molecule has 0 spiro atoms. The average molecular weight is 329 g/mol. The van der Waals surface area contributed by atoms with E-state index >= 15 is 0 Å². The predicted molar refractivity (Wildman–Crippen MR) is 92.2 cm³/mol. The molecular formula is C18H23N3O3. The van der Waals surface area contributed by atoms with Gasteiger partial charge in [-0.05, 0) is 38.3 Å². The largest absolute Gasteiger partial charge is 0.453 e. The maximum absolute atomic E-state index is 12.7. The van der Waals surface area contributed by atoms with Crippen LogP contribution >= 0.6 is 0 Å². The fraction of sp³-hybridized carbons (Fsp3) is 0.444. The van der Waals surface area contributed by atoms with Crippen molar-refractivity contribution in [3.05, 3.63) is 35.0 Å². The van der Waals surface area contributed by atoms with Crippen molar-refractivity contribution in [1.29, 1.82) is 0 Å². The molecule has 1 aliphatic heterocycles. The number of para-hydroxylation sites is 1. The first-order chi connectivity index (χ1) is 11.5. The number of hydrogen-bond acceptors (Lipinski definition) is 3. The van der Waals surface area contributed by atoms with Gasteiger partial charge in [0.15, 0.2) is 0 Å². The summed E-state index contributed by atoms with van der Waals surface area (Å²) in [6.07, 6.45) is 1.17. The first kappa shape index (κ1) is 16.4. The number of carbonyl (C=O) groups excluding carboxylic acids is 2. The molecule has 1 aromatic carbocycles. The number of hydrogen-bond donors (Lipinski definition) is 2. The number of piperidine rings is 1. The Morgan fingerprint density at radius 3 is 2.62 bits per heavy atom. The van der Waals surface area contributed by atoms with Gasteiger partial charge in [-0.25, -0.2) is 4.79 Å². The summed E-state index contributed by atoms with van der Waals surface area (Å²) < 4.78 is 4.73. The van der Waals surface area contributed by atoms with E-state index in [-0.39, 0.29) is 18.0 Å². The van der Waals surface area contributed by atoms with Gasteiger partial charge in [-0.3, -0.25) is 4.79 Å². The van der Waals surface area contributed by atoms with Crippen LogP contribution in [-0.2, 0) is 4.74 Å². The van der Waals surface area contributed by atoms with Crippen molar-refractivity contribution in [2.24, 2.45) is 0 Å². The molecule has 0 unspecified atom stereocenters. The van der Waals surface area contributed by atoms with E-state index in [1.54, 1.807) is 4.90 Å². The second-order valence-electron chi connectivity index (χ2n) is 6.31. The molecule has 24 heavy (non-hydrogen) atoms. The molecule has 2 amide bonds. The number of fused-ring (bicyclic) bond motifs is 1. The molecule has 6 nitrogen and oxygen atoms in total. The molecule has 1 fully saturated rings. The Bertz CT molecular complexity index is 773. The normalized spacial score (nSPS) is 15.5. The van der Waals surface area contributed by atoms with Crippen LogP contribution in [0.15, 0.2) is 18.2 Å². The molecule has 0 atom stereocenters. The molecule has 2 aromatic rings. The Balaban J connectivity index is 1.70. The zero-order chi connectivity index (χ0) is 17.3. The fourth-order valence-corrected chi connectivity index (χ4v) is 3.27. The summed E-state index contributed by atoms with van der Waals surface area (Å²) in [5, 5.41) is 4.18. The minimum atomic E-state index is -0.304. The molecule has 0 aliphatic carbocycles. The van der Waals surface area contributed by atoms with Gasteiger partial charge in [0.25, 0.3) is 5.91 Å². The van der Waals surface area contributed by atoms with Gasteiger partial charge >= 0.3 is 6.09 Å². The topological polar surface area (TPSA) is 74.4 Å². The van der Waals surface area contributed by atoms with Crippen LogP contribution < -0.4 is 5.32 Å². The van der Waals surface area contributed by atoms with Gasteiger partial charge in [0.2, 0.25) is 0 Å². The SMILES string of the molecule is COC(=O)N1CCC(NC(=O)c2cccc3c(C)c(C)[nH]c23)CC1. The van der Waals surface area contributed by atoms with E-state index in [2.05, 4.69) is 17.2 Å². The number of likely N-dealkylation sites (tertiary alicyclic amines) is 1. The summed E-state index contributed by atoms with van der Waals surface area (Å²) in [6.45, 7) is 5.27. The van der Waals surface area contributed by atoms with Crippen LogP contribution in [0.2, 0.25) is 0 Å². The van der Waals surface area contributed by atoms with E-state index in [4.69, 9.17) is 4.74 Å². The van der Waals surface area contributed by atoms with Crippen LogP contribution in [0.1, 0.15) is 34.5 Å². The van der Waals surface area contributed by atoms with Crippen LogP contribution in [0.3, 0.4) is 0 Å².